The Morgan fingerprint density at radius 2 is 1.85 bits per heavy atom. The molecule has 0 spiro atoms. The zero-order chi connectivity index (χ0) is 19.3. The summed E-state index contributed by atoms with van der Waals surface area (Å²) in [6, 6.07) is 5.67. The van der Waals surface area contributed by atoms with Crippen LogP contribution in [0.2, 0.25) is 0 Å². The molecule has 0 aliphatic carbocycles. The van der Waals surface area contributed by atoms with Gasteiger partial charge in [0.15, 0.2) is 0 Å². The van der Waals surface area contributed by atoms with Gasteiger partial charge in [0.1, 0.15) is 12.1 Å². The van der Waals surface area contributed by atoms with Crippen molar-refractivity contribution in [2.24, 2.45) is 5.92 Å². The lowest BCUT2D eigenvalue weighted by atomic mass is 9.97. The summed E-state index contributed by atoms with van der Waals surface area (Å²) in [5.41, 5.74) is 0.481. The number of carbonyl (C=O) groups excluding carboxylic acids is 3. The summed E-state index contributed by atoms with van der Waals surface area (Å²) in [7, 11) is 1.33. The van der Waals surface area contributed by atoms with Crippen molar-refractivity contribution in [2.45, 2.75) is 45.2 Å². The minimum atomic E-state index is -0.698. The molecule has 6 nitrogen and oxygen atoms in total. The van der Waals surface area contributed by atoms with Gasteiger partial charge in [0.25, 0.3) is 5.91 Å². The quantitative estimate of drug-likeness (QED) is 0.737. The van der Waals surface area contributed by atoms with Crippen LogP contribution >= 0.6 is 15.9 Å². The predicted molar refractivity (Wildman–Crippen MR) is 102 cm³/mol. The molecule has 1 unspecified atom stereocenters. The van der Waals surface area contributed by atoms with E-state index >= 15 is 0 Å². The monoisotopic (exact) mass is 424 g/mol. The number of rotatable bonds is 5. The first-order valence-corrected chi connectivity index (χ1v) is 9.59. The molecule has 1 aromatic carbocycles. The van der Waals surface area contributed by atoms with Crippen molar-refractivity contribution in [3.8, 4) is 0 Å². The smallest absolute Gasteiger partial charge is 0.328 e. The number of esters is 1. The van der Waals surface area contributed by atoms with E-state index in [0.717, 1.165) is 17.3 Å². The lowest BCUT2D eigenvalue weighted by Gasteiger charge is -2.37. The second kappa shape index (κ2) is 9.16. The number of carbonyl (C=O) groups is 3. The minimum Gasteiger partial charge on any atom is -0.467 e. The number of hydrogen-bond donors (Lipinski definition) is 1. The first-order valence-electron chi connectivity index (χ1n) is 8.80. The van der Waals surface area contributed by atoms with Crippen LogP contribution in [0.15, 0.2) is 28.7 Å². The maximum absolute atomic E-state index is 13.1. The van der Waals surface area contributed by atoms with Gasteiger partial charge in [0.2, 0.25) is 5.91 Å². The number of likely N-dealkylation sites (tertiary alicyclic amines) is 1. The fourth-order valence-corrected chi connectivity index (χ4v) is 3.36. The predicted octanol–water partition coefficient (Wildman–Crippen LogP) is 2.76. The van der Waals surface area contributed by atoms with Crippen molar-refractivity contribution in [2.75, 3.05) is 13.7 Å². The summed E-state index contributed by atoms with van der Waals surface area (Å²) in [5.74, 6) is -1.06. The molecule has 142 valence electrons. The van der Waals surface area contributed by atoms with Crippen LogP contribution in [0.1, 0.15) is 43.5 Å². The van der Waals surface area contributed by atoms with Gasteiger partial charge in [0.05, 0.1) is 7.11 Å². The van der Waals surface area contributed by atoms with Crippen molar-refractivity contribution in [3.63, 3.8) is 0 Å². The van der Waals surface area contributed by atoms with Crippen LogP contribution in [0.25, 0.3) is 0 Å². The van der Waals surface area contributed by atoms with E-state index in [9.17, 15) is 14.4 Å². The van der Waals surface area contributed by atoms with Crippen molar-refractivity contribution in [1.82, 2.24) is 10.2 Å². The SMILES string of the molecule is COC(=O)C1CCCCN1C(=O)[C@@H](NC(=O)c1ccc(Br)cc1)C(C)C. The first kappa shape index (κ1) is 20.4. The highest BCUT2D eigenvalue weighted by Gasteiger charge is 2.37. The van der Waals surface area contributed by atoms with Crippen LogP contribution in [0, 0.1) is 5.92 Å². The van der Waals surface area contributed by atoms with Crippen LogP contribution in [-0.2, 0) is 14.3 Å². The minimum absolute atomic E-state index is 0.109. The molecule has 1 saturated heterocycles. The largest absolute Gasteiger partial charge is 0.467 e. The van der Waals surface area contributed by atoms with E-state index in [0.29, 0.717) is 18.5 Å². The number of methoxy groups -OCH3 is 1. The number of benzene rings is 1. The molecule has 1 aliphatic rings. The molecule has 0 radical (unpaired) electrons. The maximum atomic E-state index is 13.1. The Morgan fingerprint density at radius 1 is 1.19 bits per heavy atom. The lowest BCUT2D eigenvalue weighted by molar-refractivity contribution is -0.155. The molecule has 1 aromatic rings. The Morgan fingerprint density at radius 3 is 2.42 bits per heavy atom. The molecule has 26 heavy (non-hydrogen) atoms. The van der Waals surface area contributed by atoms with Crippen LogP contribution in [0.3, 0.4) is 0 Å². The van der Waals surface area contributed by atoms with Crippen molar-refractivity contribution in [3.05, 3.63) is 34.3 Å². The van der Waals surface area contributed by atoms with E-state index in [2.05, 4.69) is 21.2 Å². The third kappa shape index (κ3) is 4.84. The molecule has 2 amide bonds. The summed E-state index contributed by atoms with van der Waals surface area (Å²) < 4.78 is 5.72. The summed E-state index contributed by atoms with van der Waals surface area (Å²) in [4.78, 5) is 39.2. The lowest BCUT2D eigenvalue weighted by Crippen LogP contribution is -2.57. The zero-order valence-corrected chi connectivity index (χ0v) is 16.9. The summed E-state index contributed by atoms with van der Waals surface area (Å²) in [5, 5.41) is 2.83. The van der Waals surface area contributed by atoms with E-state index in [1.807, 2.05) is 13.8 Å². The van der Waals surface area contributed by atoms with Gasteiger partial charge in [-0.15, -0.1) is 0 Å². The molecular weight excluding hydrogens is 400 g/mol. The fourth-order valence-electron chi connectivity index (χ4n) is 3.09. The van der Waals surface area contributed by atoms with E-state index in [1.165, 1.54) is 7.11 Å². The van der Waals surface area contributed by atoms with Gasteiger partial charge in [-0.3, -0.25) is 9.59 Å². The Kier molecular flexibility index (Phi) is 7.20. The highest BCUT2D eigenvalue weighted by Crippen LogP contribution is 2.21. The summed E-state index contributed by atoms with van der Waals surface area (Å²) >= 11 is 3.33. The molecule has 0 aromatic heterocycles. The Labute approximate surface area is 162 Å². The van der Waals surface area contributed by atoms with Crippen molar-refractivity contribution < 1.29 is 19.1 Å². The number of piperidine rings is 1. The van der Waals surface area contributed by atoms with Crippen LogP contribution in [-0.4, -0.2) is 48.4 Å². The molecule has 0 bridgehead atoms. The molecule has 1 fully saturated rings. The second-order valence-electron chi connectivity index (χ2n) is 6.77. The standard InChI is InChI=1S/C19H25BrN2O4/c1-12(2)16(21-17(23)13-7-9-14(20)10-8-13)18(24)22-11-5-4-6-15(22)19(25)26-3/h7-10,12,15-16H,4-6,11H2,1-3H3,(H,21,23)/t15?,16-/m0/s1. The number of halogens is 1. The fraction of sp³-hybridized carbons (Fsp3) is 0.526. The van der Waals surface area contributed by atoms with E-state index < -0.39 is 18.1 Å². The highest BCUT2D eigenvalue weighted by atomic mass is 79.9. The third-order valence-electron chi connectivity index (χ3n) is 4.58. The van der Waals surface area contributed by atoms with Gasteiger partial charge in [-0.1, -0.05) is 29.8 Å². The zero-order valence-electron chi connectivity index (χ0n) is 15.3. The Hall–Kier alpha value is -1.89. The normalized spacial score (nSPS) is 18.3. The number of nitrogens with one attached hydrogen (secondary N) is 1. The molecule has 7 heteroatoms. The number of hydrogen-bond acceptors (Lipinski definition) is 4. The topological polar surface area (TPSA) is 75.7 Å². The van der Waals surface area contributed by atoms with Gasteiger partial charge in [-0.25, -0.2) is 4.79 Å². The van der Waals surface area contributed by atoms with Gasteiger partial charge in [-0.2, -0.15) is 0 Å². The molecule has 2 rings (SSSR count). The molecule has 1 heterocycles. The van der Waals surface area contributed by atoms with Gasteiger partial charge >= 0.3 is 5.97 Å². The van der Waals surface area contributed by atoms with Gasteiger partial charge in [-0.05, 0) is 49.4 Å². The van der Waals surface area contributed by atoms with Crippen LogP contribution < -0.4 is 5.32 Å². The number of ether oxygens (including phenoxy) is 1. The second-order valence-corrected chi connectivity index (χ2v) is 7.68. The Bertz CT molecular complexity index is 660. The van der Waals surface area contributed by atoms with Crippen LogP contribution in [0.4, 0.5) is 0 Å². The van der Waals surface area contributed by atoms with E-state index in [1.54, 1.807) is 29.2 Å². The highest BCUT2D eigenvalue weighted by molar-refractivity contribution is 9.10. The molecular formula is C19H25BrN2O4. The molecule has 2 atom stereocenters. The van der Waals surface area contributed by atoms with Crippen molar-refractivity contribution >= 4 is 33.7 Å². The number of nitrogens with zero attached hydrogens (tertiary/aromatic N) is 1. The molecule has 0 saturated carbocycles. The average Bonchev–Trinajstić information content (AvgIpc) is 2.65. The van der Waals surface area contributed by atoms with Gasteiger partial charge in [0, 0.05) is 16.6 Å². The maximum Gasteiger partial charge on any atom is 0.328 e. The first-order chi connectivity index (χ1) is 12.3. The van der Waals surface area contributed by atoms with Crippen molar-refractivity contribution in [1.29, 1.82) is 0 Å². The molecule has 1 N–H and O–H groups in total. The Balaban J connectivity index is 2.16. The summed E-state index contributed by atoms with van der Waals surface area (Å²) in [6.07, 6.45) is 2.30. The van der Waals surface area contributed by atoms with Crippen LogP contribution in [0.5, 0.6) is 0 Å². The average molecular weight is 425 g/mol. The summed E-state index contributed by atoms with van der Waals surface area (Å²) in [6.45, 7) is 4.25. The van der Waals surface area contributed by atoms with E-state index in [4.69, 9.17) is 4.74 Å². The number of amides is 2. The third-order valence-corrected chi connectivity index (χ3v) is 5.11. The van der Waals surface area contributed by atoms with Gasteiger partial charge < -0.3 is 15.0 Å². The molecule has 1 aliphatic heterocycles. The van der Waals surface area contributed by atoms with E-state index in [-0.39, 0.29) is 17.7 Å².